The average Bonchev–Trinajstić information content (AvgIpc) is 2.85. The van der Waals surface area contributed by atoms with E-state index in [1.54, 1.807) is 7.11 Å². The summed E-state index contributed by atoms with van der Waals surface area (Å²) in [6.07, 6.45) is 0.864. The molecule has 0 saturated heterocycles. The first-order chi connectivity index (χ1) is 10.2. The minimum Gasteiger partial charge on any atom is -0.486 e. The minimum absolute atomic E-state index is 0.183. The van der Waals surface area contributed by atoms with E-state index in [1.165, 1.54) is 0 Å². The van der Waals surface area contributed by atoms with Crippen LogP contribution in [0.15, 0.2) is 28.7 Å². The van der Waals surface area contributed by atoms with Gasteiger partial charge in [0.1, 0.15) is 17.2 Å². The highest BCUT2D eigenvalue weighted by molar-refractivity contribution is 7.80. The van der Waals surface area contributed by atoms with Crippen molar-refractivity contribution >= 4 is 28.2 Å². The molecule has 2 rings (SSSR count). The maximum Gasteiger partial charge on any atom is 0.204 e. The smallest absolute Gasteiger partial charge is 0.204 e. The first-order valence-corrected chi connectivity index (χ1v) is 7.15. The van der Waals surface area contributed by atoms with Gasteiger partial charge in [-0.05, 0) is 18.6 Å². The third-order valence-corrected chi connectivity index (χ3v) is 3.07. The second-order valence-electron chi connectivity index (χ2n) is 4.43. The van der Waals surface area contributed by atoms with Crippen LogP contribution in [0.5, 0.6) is 5.75 Å². The van der Waals surface area contributed by atoms with Crippen LogP contribution in [0.3, 0.4) is 0 Å². The molecule has 1 heterocycles. The van der Waals surface area contributed by atoms with Crippen molar-refractivity contribution in [1.29, 1.82) is 0 Å². The molecule has 0 aliphatic carbocycles. The number of thiocarbonyl (C=S) groups is 1. The minimum atomic E-state index is 0.183. The molecule has 1 aromatic heterocycles. The fraction of sp³-hybridized carbons (Fsp3) is 0.400. The van der Waals surface area contributed by atoms with Gasteiger partial charge < -0.3 is 24.4 Å². The number of furan rings is 1. The number of rotatable bonds is 9. The molecule has 2 N–H and O–H groups in total. The zero-order valence-electron chi connectivity index (χ0n) is 12.0. The van der Waals surface area contributed by atoms with Crippen molar-refractivity contribution in [3.05, 3.63) is 30.0 Å². The summed E-state index contributed by atoms with van der Waals surface area (Å²) in [5, 5.41) is 0.861. The monoisotopic (exact) mass is 309 g/mol. The standard InChI is InChI=1S/C15H19NO4S/c1-17-7-4-8-18-9-10-19-13-11-5-2-3-6-12(11)20-14(13)15(16)21/h2-3,5-6H,4,7-10H2,1H3,(H2,16,21). The fourth-order valence-corrected chi connectivity index (χ4v) is 2.07. The van der Waals surface area contributed by atoms with E-state index in [4.69, 9.17) is 36.6 Å². The summed E-state index contributed by atoms with van der Waals surface area (Å²) in [4.78, 5) is 0.183. The van der Waals surface area contributed by atoms with Crippen LogP contribution in [0.25, 0.3) is 11.0 Å². The van der Waals surface area contributed by atoms with Gasteiger partial charge in [-0.2, -0.15) is 0 Å². The first kappa shape index (κ1) is 15.8. The first-order valence-electron chi connectivity index (χ1n) is 6.75. The Kier molecular flexibility index (Phi) is 5.98. The molecule has 0 spiro atoms. The Bertz CT molecular complexity index is 596. The molecule has 0 bridgehead atoms. The molecule has 6 heteroatoms. The summed E-state index contributed by atoms with van der Waals surface area (Å²) in [6.45, 7) is 2.23. The maximum absolute atomic E-state index is 5.74. The number of benzene rings is 1. The van der Waals surface area contributed by atoms with Crippen molar-refractivity contribution in [3.8, 4) is 5.75 Å². The number of para-hydroxylation sites is 1. The summed E-state index contributed by atoms with van der Waals surface area (Å²) >= 11 is 5.00. The van der Waals surface area contributed by atoms with E-state index in [0.717, 1.165) is 11.8 Å². The number of ether oxygens (including phenoxy) is 3. The summed E-state index contributed by atoms with van der Waals surface area (Å²) in [6, 6.07) is 7.56. The van der Waals surface area contributed by atoms with E-state index in [-0.39, 0.29) is 4.99 Å². The van der Waals surface area contributed by atoms with E-state index >= 15 is 0 Å². The molecule has 2 aromatic rings. The van der Waals surface area contributed by atoms with Crippen LogP contribution >= 0.6 is 12.2 Å². The van der Waals surface area contributed by atoms with Crippen molar-refractivity contribution in [2.24, 2.45) is 5.73 Å². The van der Waals surface area contributed by atoms with Gasteiger partial charge in [0.05, 0.1) is 12.0 Å². The van der Waals surface area contributed by atoms with Crippen molar-refractivity contribution < 1.29 is 18.6 Å². The summed E-state index contributed by atoms with van der Waals surface area (Å²) in [5.41, 5.74) is 6.38. The quantitative estimate of drug-likeness (QED) is 0.567. The lowest BCUT2D eigenvalue weighted by atomic mass is 10.2. The molecule has 114 valence electrons. The Balaban J connectivity index is 1.94. The number of hydrogen-bond acceptors (Lipinski definition) is 5. The van der Waals surface area contributed by atoms with Gasteiger partial charge in [-0.1, -0.05) is 24.4 Å². The van der Waals surface area contributed by atoms with Crippen LogP contribution in [-0.2, 0) is 9.47 Å². The topological polar surface area (TPSA) is 66.8 Å². The van der Waals surface area contributed by atoms with Gasteiger partial charge in [-0.15, -0.1) is 0 Å². The molecule has 0 aliphatic rings. The summed E-state index contributed by atoms with van der Waals surface area (Å²) in [5.74, 6) is 0.990. The van der Waals surface area contributed by atoms with E-state index < -0.39 is 0 Å². The molecule has 0 amide bonds. The molecule has 1 aromatic carbocycles. The average molecular weight is 309 g/mol. The van der Waals surface area contributed by atoms with Crippen LogP contribution in [0.1, 0.15) is 12.2 Å². The molecule has 0 aliphatic heterocycles. The van der Waals surface area contributed by atoms with Gasteiger partial charge in [0, 0.05) is 20.3 Å². The van der Waals surface area contributed by atoms with Crippen molar-refractivity contribution in [2.45, 2.75) is 6.42 Å². The van der Waals surface area contributed by atoms with Crippen LogP contribution in [0, 0.1) is 0 Å². The second-order valence-corrected chi connectivity index (χ2v) is 4.87. The fourth-order valence-electron chi connectivity index (χ4n) is 1.94. The highest BCUT2D eigenvalue weighted by Gasteiger charge is 2.17. The molecule has 0 unspecified atom stereocenters. The Morgan fingerprint density at radius 2 is 2.00 bits per heavy atom. The van der Waals surface area contributed by atoms with Crippen molar-refractivity contribution in [1.82, 2.24) is 0 Å². The molecule has 0 atom stereocenters. The molecule has 0 fully saturated rings. The maximum atomic E-state index is 5.74. The van der Waals surface area contributed by atoms with Gasteiger partial charge in [-0.25, -0.2) is 0 Å². The molecule has 5 nitrogen and oxygen atoms in total. The van der Waals surface area contributed by atoms with Gasteiger partial charge in [0.25, 0.3) is 0 Å². The third kappa shape index (κ3) is 4.17. The highest BCUT2D eigenvalue weighted by atomic mass is 32.1. The Morgan fingerprint density at radius 3 is 2.76 bits per heavy atom. The number of methoxy groups -OCH3 is 1. The van der Waals surface area contributed by atoms with Crippen LogP contribution in [0.2, 0.25) is 0 Å². The Hall–Kier alpha value is -1.63. The van der Waals surface area contributed by atoms with Crippen molar-refractivity contribution in [2.75, 3.05) is 33.5 Å². The van der Waals surface area contributed by atoms with Gasteiger partial charge in [0.2, 0.25) is 5.76 Å². The van der Waals surface area contributed by atoms with Gasteiger partial charge in [0.15, 0.2) is 5.75 Å². The van der Waals surface area contributed by atoms with Crippen LogP contribution in [-0.4, -0.2) is 38.5 Å². The van der Waals surface area contributed by atoms with E-state index in [1.807, 2.05) is 24.3 Å². The Morgan fingerprint density at radius 1 is 1.19 bits per heavy atom. The SMILES string of the molecule is COCCCOCCOc1c(C(N)=S)oc2ccccc12. The van der Waals surface area contributed by atoms with E-state index in [2.05, 4.69) is 0 Å². The number of nitrogens with two attached hydrogens (primary N) is 1. The summed E-state index contributed by atoms with van der Waals surface area (Å²) < 4.78 is 21.8. The number of hydrogen-bond donors (Lipinski definition) is 1. The largest absolute Gasteiger partial charge is 0.486 e. The molecular formula is C15H19NO4S. The van der Waals surface area contributed by atoms with Gasteiger partial charge in [-0.3, -0.25) is 0 Å². The van der Waals surface area contributed by atoms with E-state index in [0.29, 0.717) is 43.5 Å². The zero-order valence-corrected chi connectivity index (χ0v) is 12.8. The lowest BCUT2D eigenvalue weighted by molar-refractivity contribution is 0.0807. The molecule has 0 saturated carbocycles. The third-order valence-electron chi connectivity index (χ3n) is 2.88. The van der Waals surface area contributed by atoms with E-state index in [9.17, 15) is 0 Å². The lowest BCUT2D eigenvalue weighted by Crippen LogP contribution is -2.13. The normalized spacial score (nSPS) is 10.9. The van der Waals surface area contributed by atoms with Crippen LogP contribution in [0.4, 0.5) is 0 Å². The highest BCUT2D eigenvalue weighted by Crippen LogP contribution is 2.32. The zero-order chi connectivity index (χ0) is 15.1. The summed E-state index contributed by atoms with van der Waals surface area (Å²) in [7, 11) is 1.67. The van der Waals surface area contributed by atoms with Crippen molar-refractivity contribution in [3.63, 3.8) is 0 Å². The second kappa shape index (κ2) is 7.97. The Labute approximate surface area is 129 Å². The number of fused-ring (bicyclic) bond motifs is 1. The molecule has 21 heavy (non-hydrogen) atoms. The molecular weight excluding hydrogens is 290 g/mol. The van der Waals surface area contributed by atoms with Gasteiger partial charge >= 0.3 is 0 Å². The predicted octanol–water partition coefficient (Wildman–Crippen LogP) is 2.50. The van der Waals surface area contributed by atoms with Crippen LogP contribution < -0.4 is 10.5 Å². The molecule has 0 radical (unpaired) electrons. The lowest BCUT2D eigenvalue weighted by Gasteiger charge is -2.07. The predicted molar refractivity (Wildman–Crippen MR) is 84.9 cm³/mol.